The molecule has 0 aromatic heterocycles. The number of halogens is 1. The molecule has 0 saturated carbocycles. The number of methoxy groups -OCH3 is 1. The van der Waals surface area contributed by atoms with Crippen molar-refractivity contribution in [3.8, 4) is 0 Å². The summed E-state index contributed by atoms with van der Waals surface area (Å²) < 4.78 is 42.2. The Kier molecular flexibility index (Phi) is 6.18. The molecule has 0 aliphatic heterocycles. The van der Waals surface area contributed by atoms with E-state index >= 15 is 0 Å². The monoisotopic (exact) mass is 284 g/mol. The lowest BCUT2D eigenvalue weighted by atomic mass is 10.2. The normalized spacial score (nSPS) is 15.5. The van der Waals surface area contributed by atoms with E-state index in [0.717, 1.165) is 19.4 Å². The summed E-state index contributed by atoms with van der Waals surface area (Å²) in [6.45, 7) is 1.31. The molecular formula is C8H13FN2O4S2. The molecule has 0 fully saturated rings. The number of esters is 1. The van der Waals surface area contributed by atoms with Crippen LogP contribution in [0.2, 0.25) is 0 Å². The average Bonchev–Trinajstić information content (AvgIpc) is 2.24. The second kappa shape index (κ2) is 6.60. The minimum Gasteiger partial charge on any atom is -0.464 e. The van der Waals surface area contributed by atoms with Crippen LogP contribution in [0.15, 0.2) is 16.2 Å². The third kappa shape index (κ3) is 5.18. The minimum absolute atomic E-state index is 0.164. The zero-order valence-electron chi connectivity index (χ0n) is 9.51. The minimum atomic E-state index is -3.47. The average molecular weight is 284 g/mol. The van der Waals surface area contributed by atoms with Gasteiger partial charge < -0.3 is 10.5 Å². The van der Waals surface area contributed by atoms with Gasteiger partial charge in [-0.05, 0) is 13.0 Å². The van der Waals surface area contributed by atoms with Crippen molar-refractivity contribution in [2.45, 2.75) is 12.2 Å². The van der Waals surface area contributed by atoms with Crippen molar-refractivity contribution in [2.24, 2.45) is 10.1 Å². The lowest BCUT2D eigenvalue weighted by Gasteiger charge is -2.09. The number of carbonyl (C=O) groups excluding carboxylic acids is 1. The fourth-order valence-electron chi connectivity index (χ4n) is 0.813. The van der Waals surface area contributed by atoms with E-state index in [4.69, 9.17) is 5.73 Å². The molecule has 0 heterocycles. The van der Waals surface area contributed by atoms with Crippen LogP contribution < -0.4 is 5.73 Å². The fraction of sp³-hybridized carbons (Fsp3) is 0.500. The third-order valence-electron chi connectivity index (χ3n) is 1.92. The van der Waals surface area contributed by atoms with Crippen LogP contribution in [-0.4, -0.2) is 38.7 Å². The molecule has 1 unspecified atom stereocenters. The maximum absolute atomic E-state index is 12.1. The molecule has 0 spiro atoms. The summed E-state index contributed by atoms with van der Waals surface area (Å²) in [5.74, 6) is -0.845. The number of nitrogens with zero attached hydrogens (tertiary/aromatic N) is 1. The van der Waals surface area contributed by atoms with Crippen LogP contribution in [0.25, 0.3) is 0 Å². The molecule has 0 saturated heterocycles. The molecule has 17 heavy (non-hydrogen) atoms. The highest BCUT2D eigenvalue weighted by Crippen LogP contribution is 2.11. The molecule has 0 radical (unpaired) electrons. The molecule has 6 nitrogen and oxygen atoms in total. The van der Waals surface area contributed by atoms with Gasteiger partial charge in [0.2, 0.25) is 0 Å². The number of hydrogen-bond acceptors (Lipinski definition) is 7. The first-order chi connectivity index (χ1) is 7.73. The molecule has 1 atom stereocenters. The zero-order chi connectivity index (χ0) is 13.6. The van der Waals surface area contributed by atoms with Gasteiger partial charge in [-0.25, -0.2) is 13.2 Å². The molecule has 9 heteroatoms. The molecule has 2 N–H and O–H groups in total. The van der Waals surface area contributed by atoms with Crippen molar-refractivity contribution in [1.82, 2.24) is 0 Å². The highest BCUT2D eigenvalue weighted by Gasteiger charge is 2.21. The highest BCUT2D eigenvalue weighted by atomic mass is 32.2. The fourth-order valence-corrected chi connectivity index (χ4v) is 1.73. The van der Waals surface area contributed by atoms with Crippen molar-refractivity contribution in [1.29, 1.82) is 0 Å². The van der Waals surface area contributed by atoms with Gasteiger partial charge in [-0.2, -0.15) is 4.40 Å². The van der Waals surface area contributed by atoms with Crippen molar-refractivity contribution in [3.05, 3.63) is 11.8 Å². The number of allylic oxidation sites excluding steroid dienone is 1. The first-order valence-electron chi connectivity index (χ1n) is 4.34. The quantitative estimate of drug-likeness (QED) is 0.340. The van der Waals surface area contributed by atoms with Gasteiger partial charge in [-0.15, -0.1) is 3.89 Å². The van der Waals surface area contributed by atoms with Crippen LogP contribution in [0.4, 0.5) is 3.89 Å². The van der Waals surface area contributed by atoms with Crippen molar-refractivity contribution in [3.63, 3.8) is 0 Å². The number of hydrogen-bond donors (Lipinski definition) is 1. The smallest absolute Gasteiger partial charge is 0.353 e. The summed E-state index contributed by atoms with van der Waals surface area (Å²) >= 11 is -0.413. The molecular weight excluding hydrogens is 271 g/mol. The van der Waals surface area contributed by atoms with Crippen LogP contribution >= 0.6 is 12.3 Å². The lowest BCUT2D eigenvalue weighted by Crippen LogP contribution is -2.26. The number of rotatable bonds is 5. The number of nitrogens with two attached hydrogens (primary N) is 1. The van der Waals surface area contributed by atoms with Crippen molar-refractivity contribution >= 4 is 33.9 Å². The van der Waals surface area contributed by atoms with E-state index in [1.807, 2.05) is 0 Å². The number of carbonyl (C=O) groups is 1. The molecule has 0 aliphatic carbocycles. The van der Waals surface area contributed by atoms with Crippen LogP contribution in [0.3, 0.4) is 0 Å². The summed E-state index contributed by atoms with van der Waals surface area (Å²) in [4.78, 5) is 11.0. The Hall–Kier alpha value is -1.09. The van der Waals surface area contributed by atoms with Gasteiger partial charge in [0.25, 0.3) is 0 Å². The molecule has 0 aliphatic rings. The molecule has 0 bridgehead atoms. The summed E-state index contributed by atoms with van der Waals surface area (Å²) in [5, 5.41) is -1.08. The van der Waals surface area contributed by atoms with Crippen molar-refractivity contribution in [2.75, 3.05) is 13.4 Å². The predicted molar refractivity (Wildman–Crippen MR) is 64.7 cm³/mol. The Morgan fingerprint density at radius 2 is 2.12 bits per heavy atom. The van der Waals surface area contributed by atoms with Gasteiger partial charge in [-0.3, -0.25) is 0 Å². The van der Waals surface area contributed by atoms with E-state index in [1.54, 1.807) is 0 Å². The highest BCUT2D eigenvalue weighted by molar-refractivity contribution is 7.93. The summed E-state index contributed by atoms with van der Waals surface area (Å²) in [7, 11) is -2.35. The van der Waals surface area contributed by atoms with E-state index in [0.29, 0.717) is 0 Å². The van der Waals surface area contributed by atoms with Gasteiger partial charge >= 0.3 is 5.97 Å². The van der Waals surface area contributed by atoms with Crippen molar-refractivity contribution < 1.29 is 21.8 Å². The molecule has 0 aromatic carbocycles. The van der Waals surface area contributed by atoms with Gasteiger partial charge in [0.05, 0.1) is 12.8 Å². The van der Waals surface area contributed by atoms with E-state index in [2.05, 4.69) is 9.13 Å². The lowest BCUT2D eigenvalue weighted by molar-refractivity contribution is -0.136. The zero-order valence-corrected chi connectivity index (χ0v) is 11.1. The first-order valence-corrected chi connectivity index (χ1v) is 6.96. The van der Waals surface area contributed by atoms with Crippen LogP contribution in [0.5, 0.6) is 0 Å². The Morgan fingerprint density at radius 3 is 2.47 bits per heavy atom. The Balaban J connectivity index is 5.30. The third-order valence-corrected chi connectivity index (χ3v) is 3.73. The Morgan fingerprint density at radius 1 is 1.59 bits per heavy atom. The first kappa shape index (κ1) is 15.9. The van der Waals surface area contributed by atoms with E-state index in [-0.39, 0.29) is 11.4 Å². The second-order valence-electron chi connectivity index (χ2n) is 3.15. The van der Waals surface area contributed by atoms with Gasteiger partial charge in [0.15, 0.2) is 22.2 Å². The SMILES string of the molecule is COC(=O)/C(N)=C/C(=N/SF)C(C)S(C)(=O)=O. The maximum atomic E-state index is 12.1. The summed E-state index contributed by atoms with van der Waals surface area (Å²) in [6, 6.07) is 0. The van der Waals surface area contributed by atoms with E-state index in [9.17, 15) is 17.1 Å². The molecule has 0 aromatic rings. The number of ether oxygens (including phenoxy) is 1. The number of sulfone groups is 1. The van der Waals surface area contributed by atoms with E-state index < -0.39 is 33.4 Å². The standard InChI is InChI=1S/C8H13FN2O4S2/c1-5(17(3,13)14)7(11-16-9)4-6(10)8(12)15-2/h4-5H,10H2,1-3H3/b6-4-,11-7-. The van der Waals surface area contributed by atoms with Gasteiger partial charge in [-0.1, -0.05) is 0 Å². The van der Waals surface area contributed by atoms with Crippen LogP contribution in [0, 0.1) is 0 Å². The molecule has 0 rings (SSSR count). The summed E-state index contributed by atoms with van der Waals surface area (Å²) in [6.07, 6.45) is 1.95. The van der Waals surface area contributed by atoms with Crippen LogP contribution in [0.1, 0.15) is 6.92 Å². The largest absolute Gasteiger partial charge is 0.464 e. The molecule has 0 amide bonds. The Labute approximate surface area is 103 Å². The van der Waals surface area contributed by atoms with Gasteiger partial charge in [0, 0.05) is 6.26 Å². The predicted octanol–water partition coefficient (Wildman–Crippen LogP) is 0.409. The van der Waals surface area contributed by atoms with E-state index in [1.165, 1.54) is 6.92 Å². The second-order valence-corrected chi connectivity index (χ2v) is 5.83. The van der Waals surface area contributed by atoms with Gasteiger partial charge in [0.1, 0.15) is 10.9 Å². The Bertz CT molecular complexity index is 444. The summed E-state index contributed by atoms with van der Waals surface area (Å²) in [5.41, 5.74) is 4.80. The topological polar surface area (TPSA) is 98.8 Å². The molecule has 98 valence electrons. The van der Waals surface area contributed by atoms with Crippen LogP contribution in [-0.2, 0) is 19.4 Å². The maximum Gasteiger partial charge on any atom is 0.353 e.